The van der Waals surface area contributed by atoms with Crippen LogP contribution in [-0.4, -0.2) is 108 Å². The van der Waals surface area contributed by atoms with Crippen LogP contribution < -0.4 is 20.1 Å². The number of ether oxygens (including phenoxy) is 2. The first kappa shape index (κ1) is 58.0. The van der Waals surface area contributed by atoms with Crippen molar-refractivity contribution in [2.24, 2.45) is 0 Å². The Labute approximate surface area is 468 Å². The lowest BCUT2D eigenvalue weighted by Crippen LogP contribution is -2.29. The fourth-order valence-corrected chi connectivity index (χ4v) is 9.44. The number of pyridine rings is 2. The zero-order valence-electron chi connectivity index (χ0n) is 45.7. The highest BCUT2D eigenvalue weighted by Crippen LogP contribution is 2.42. The molecule has 0 fully saturated rings. The number of H-pyrrole nitrogens is 2. The summed E-state index contributed by atoms with van der Waals surface area (Å²) in [6.07, 6.45) is 12.2. The van der Waals surface area contributed by atoms with Gasteiger partial charge in [-0.05, 0) is 73.2 Å². The maximum atomic E-state index is 11.7. The van der Waals surface area contributed by atoms with Crippen LogP contribution in [0.25, 0.3) is 44.1 Å². The van der Waals surface area contributed by atoms with Gasteiger partial charge in [-0.2, -0.15) is 0 Å². The van der Waals surface area contributed by atoms with Crippen LogP contribution >= 0.6 is 23.2 Å². The lowest BCUT2D eigenvalue weighted by atomic mass is 9.91. The molecule has 8 rings (SSSR count). The van der Waals surface area contributed by atoms with Crippen molar-refractivity contribution in [1.29, 1.82) is 0 Å². The summed E-state index contributed by atoms with van der Waals surface area (Å²) in [4.78, 5) is 42.8. The van der Waals surface area contributed by atoms with Gasteiger partial charge in [0.05, 0.1) is 21.4 Å². The van der Waals surface area contributed by atoms with Crippen molar-refractivity contribution in [3.8, 4) is 11.8 Å². The van der Waals surface area contributed by atoms with E-state index in [4.69, 9.17) is 32.7 Å². The average Bonchev–Trinajstić information content (AvgIpc) is 4.12. The second-order valence-corrected chi connectivity index (χ2v) is 19.8. The van der Waals surface area contributed by atoms with Crippen LogP contribution in [0.4, 0.5) is 0 Å². The van der Waals surface area contributed by atoms with Crippen LogP contribution in [0.1, 0.15) is 74.2 Å². The van der Waals surface area contributed by atoms with Gasteiger partial charge >= 0.3 is 0 Å². The Morgan fingerprint density at radius 3 is 1.24 bits per heavy atom. The number of fused-ring (bicyclic) bond motifs is 2. The fraction of sp³-hybridized carbons (Fsp3) is 0.250. The third kappa shape index (κ3) is 15.3. The smallest absolute Gasteiger partial charge is 0.245 e. The molecule has 404 valence electrons. The summed E-state index contributed by atoms with van der Waals surface area (Å²) in [7, 11) is 6.93. The number of aromatic amines is 2. The number of rotatable bonds is 22. The standard InChI is InChI=1S/2C32H35ClN4O2/c2*1-5-25(23-11-7-6-8-12-23)30(32-31(33)26-13-9-10-14-27(26)36-32)24-16-17-28(35-21-24)39-20-19-34-22(2)15-18-29(38)37(3)4/h2*6-18,21-22,34,36H,5,19-20H2,1-4H3/b2*18-15+,30-25+/t2*22-/m10/s1. The molecule has 4 heterocycles. The largest absolute Gasteiger partial charge is 0.476 e. The lowest BCUT2D eigenvalue weighted by molar-refractivity contribution is -0.124. The number of allylic oxidation sites excluding steroid dienone is 2. The molecule has 0 spiro atoms. The zero-order valence-corrected chi connectivity index (χ0v) is 47.3. The van der Waals surface area contributed by atoms with E-state index in [-0.39, 0.29) is 23.9 Å². The van der Waals surface area contributed by atoms with E-state index in [9.17, 15) is 9.59 Å². The molecule has 8 aromatic rings. The van der Waals surface area contributed by atoms with E-state index < -0.39 is 0 Å². The molecule has 0 saturated carbocycles. The summed E-state index contributed by atoms with van der Waals surface area (Å²) in [5.41, 5.74) is 12.4. The highest BCUT2D eigenvalue weighted by atomic mass is 35.5. The summed E-state index contributed by atoms with van der Waals surface area (Å²) < 4.78 is 11.8. The third-order valence-electron chi connectivity index (χ3n) is 13.0. The zero-order chi connectivity index (χ0) is 55.6. The molecule has 0 aliphatic heterocycles. The quantitative estimate of drug-likeness (QED) is 0.0389. The van der Waals surface area contributed by atoms with Crippen molar-refractivity contribution in [3.05, 3.63) is 214 Å². The molecule has 14 heteroatoms. The number of carbonyl (C=O) groups excluding carboxylic acids is 2. The molecule has 0 saturated heterocycles. The van der Waals surface area contributed by atoms with Crippen LogP contribution in [0.15, 0.2) is 170 Å². The van der Waals surface area contributed by atoms with Crippen molar-refractivity contribution < 1.29 is 19.1 Å². The molecule has 0 bridgehead atoms. The number of hydrogen-bond donors (Lipinski definition) is 4. The van der Waals surface area contributed by atoms with Gasteiger partial charge in [-0.3, -0.25) is 9.59 Å². The molecule has 0 radical (unpaired) electrons. The summed E-state index contributed by atoms with van der Waals surface area (Å²) in [6, 6.07) is 44.8. The Balaban J connectivity index is 0.000000226. The first-order valence-corrected chi connectivity index (χ1v) is 27.1. The molecule has 78 heavy (non-hydrogen) atoms. The summed E-state index contributed by atoms with van der Waals surface area (Å²) >= 11 is 13.9. The SMILES string of the molecule is CC/C(=C(/c1ccc(OCCN[C@@H](C)/C=C/C(=O)N(C)C)nc1)c1[nH]c2ccccc2c1Cl)c1ccccc1.CC/C(=C(/c1ccc(OCCN[C@H](C)/C=C/C(=O)N(C)C)nc1)c1[nH]c2ccccc2c1Cl)c1ccccc1. The van der Waals surface area contributed by atoms with E-state index in [1.165, 1.54) is 20.9 Å². The van der Waals surface area contributed by atoms with Gasteiger partial charge < -0.3 is 39.9 Å². The first-order valence-electron chi connectivity index (χ1n) is 26.3. The van der Waals surface area contributed by atoms with Crippen molar-refractivity contribution in [2.75, 3.05) is 54.5 Å². The Hall–Kier alpha value is -7.74. The Bertz CT molecular complexity index is 3140. The highest BCUT2D eigenvalue weighted by molar-refractivity contribution is 6.38. The number of hydrogen-bond acceptors (Lipinski definition) is 8. The van der Waals surface area contributed by atoms with E-state index in [0.717, 1.165) is 79.4 Å². The van der Waals surface area contributed by atoms with E-state index in [1.807, 2.05) is 123 Å². The van der Waals surface area contributed by atoms with E-state index in [0.29, 0.717) is 48.1 Å². The summed E-state index contributed by atoms with van der Waals surface area (Å²) in [5.74, 6) is 1.02. The molecular formula is C64H70Cl2N8O4. The van der Waals surface area contributed by atoms with Crippen LogP contribution in [0.2, 0.25) is 10.0 Å². The molecule has 12 nitrogen and oxygen atoms in total. The second-order valence-electron chi connectivity index (χ2n) is 19.0. The molecule has 4 aromatic heterocycles. The second kappa shape index (κ2) is 28.6. The van der Waals surface area contributed by atoms with Gasteiger partial charge in [-0.1, -0.05) is 146 Å². The monoisotopic (exact) mass is 1080 g/mol. The molecular weight excluding hydrogens is 1020 g/mol. The van der Waals surface area contributed by atoms with Gasteiger partial charge in [-0.25, -0.2) is 9.97 Å². The van der Waals surface area contributed by atoms with Crippen molar-refractivity contribution in [3.63, 3.8) is 0 Å². The number of para-hydroxylation sites is 2. The minimum Gasteiger partial charge on any atom is -0.476 e. The summed E-state index contributed by atoms with van der Waals surface area (Å²) in [6.45, 7) is 10.4. The van der Waals surface area contributed by atoms with Gasteiger partial charge in [0.15, 0.2) is 0 Å². The predicted molar refractivity (Wildman–Crippen MR) is 322 cm³/mol. The third-order valence-corrected chi connectivity index (χ3v) is 13.7. The van der Waals surface area contributed by atoms with Gasteiger partial charge in [0.25, 0.3) is 0 Å². The predicted octanol–water partition coefficient (Wildman–Crippen LogP) is 13.2. The number of nitrogens with one attached hydrogen (secondary N) is 4. The lowest BCUT2D eigenvalue weighted by Gasteiger charge is -2.16. The normalized spacial score (nSPS) is 12.9. The topological polar surface area (TPSA) is 140 Å². The maximum absolute atomic E-state index is 11.7. The fourth-order valence-electron chi connectivity index (χ4n) is 8.83. The van der Waals surface area contributed by atoms with Crippen molar-refractivity contribution >= 4 is 79.1 Å². The average molecular weight is 1090 g/mol. The molecule has 4 N–H and O–H groups in total. The number of nitrogens with zero attached hydrogens (tertiary/aromatic N) is 4. The van der Waals surface area contributed by atoms with Crippen molar-refractivity contribution in [2.45, 2.75) is 52.6 Å². The molecule has 0 unspecified atom stereocenters. The van der Waals surface area contributed by atoms with Crippen LogP contribution in [-0.2, 0) is 9.59 Å². The molecule has 2 amide bonds. The number of benzene rings is 4. The minimum absolute atomic E-state index is 0.0372. The van der Waals surface area contributed by atoms with E-state index in [1.54, 1.807) is 40.3 Å². The van der Waals surface area contributed by atoms with E-state index in [2.05, 4.69) is 92.9 Å². The van der Waals surface area contributed by atoms with Crippen LogP contribution in [0.3, 0.4) is 0 Å². The number of carbonyl (C=O) groups is 2. The van der Waals surface area contributed by atoms with Gasteiger partial charge in [0.1, 0.15) is 13.2 Å². The number of halogens is 2. The minimum atomic E-state index is -0.0372. The Morgan fingerprint density at radius 1 is 0.538 bits per heavy atom. The Morgan fingerprint density at radius 2 is 0.910 bits per heavy atom. The van der Waals surface area contributed by atoms with Gasteiger partial charge in [0.2, 0.25) is 23.6 Å². The molecule has 4 aromatic carbocycles. The number of aromatic nitrogens is 4. The molecule has 0 aliphatic carbocycles. The molecule has 2 atom stereocenters. The molecule has 0 aliphatic rings. The maximum Gasteiger partial charge on any atom is 0.245 e. The van der Waals surface area contributed by atoms with E-state index >= 15 is 0 Å². The number of likely N-dealkylation sites (N-methyl/N-ethyl adjacent to an activating group) is 2. The number of amides is 2. The first-order chi connectivity index (χ1) is 37.8. The van der Waals surface area contributed by atoms with Gasteiger partial charge in [-0.15, -0.1) is 0 Å². The van der Waals surface area contributed by atoms with Crippen molar-refractivity contribution in [1.82, 2.24) is 40.4 Å². The highest BCUT2D eigenvalue weighted by Gasteiger charge is 2.22. The Kier molecular flexibility index (Phi) is 21.2. The summed E-state index contributed by atoms with van der Waals surface area (Å²) in [5, 5.41) is 10.0. The van der Waals surface area contributed by atoms with Crippen LogP contribution in [0, 0.1) is 0 Å². The van der Waals surface area contributed by atoms with Gasteiger partial charge in [0, 0.05) is 134 Å². The van der Waals surface area contributed by atoms with Crippen LogP contribution in [0.5, 0.6) is 11.8 Å².